The summed E-state index contributed by atoms with van der Waals surface area (Å²) in [5.41, 5.74) is 1.16. The predicted molar refractivity (Wildman–Crippen MR) is 173 cm³/mol. The molecule has 3 N–H and O–H groups in total. The molecule has 3 aromatic carbocycles. The van der Waals surface area contributed by atoms with Crippen LogP contribution < -0.4 is 15.0 Å². The number of anilines is 2. The van der Waals surface area contributed by atoms with Crippen LogP contribution in [0.15, 0.2) is 76.1 Å². The highest BCUT2D eigenvalue weighted by Crippen LogP contribution is 2.47. The zero-order chi connectivity index (χ0) is 31.9. The maximum atomic E-state index is 14.2. The van der Waals surface area contributed by atoms with Crippen LogP contribution in [-0.4, -0.2) is 49.4 Å². The number of ether oxygens (including phenoxy) is 1. The molecule has 0 saturated carbocycles. The molecule has 1 aliphatic heterocycles. The van der Waals surface area contributed by atoms with Gasteiger partial charge in [-0.25, -0.2) is 13.2 Å². The number of aliphatic carboxylic acids is 1. The minimum absolute atomic E-state index is 0.00209. The summed E-state index contributed by atoms with van der Waals surface area (Å²) >= 11 is 3.52. The van der Waals surface area contributed by atoms with E-state index in [2.05, 4.69) is 40.0 Å². The molecule has 0 aliphatic carbocycles. The summed E-state index contributed by atoms with van der Waals surface area (Å²) in [6.07, 6.45) is 5.35. The van der Waals surface area contributed by atoms with Gasteiger partial charge in [0.1, 0.15) is 11.5 Å². The highest BCUT2D eigenvalue weighted by atomic mass is 79.9. The summed E-state index contributed by atoms with van der Waals surface area (Å²) in [6, 6.07) is 17.1. The number of para-hydroxylation sites is 1. The van der Waals surface area contributed by atoms with Gasteiger partial charge in [0.05, 0.1) is 20.8 Å². The Labute approximate surface area is 267 Å². The fraction of sp³-hybridized carbons (Fsp3) is 0.394. The number of halogens is 1. The highest BCUT2D eigenvalue weighted by Gasteiger charge is 2.42. The van der Waals surface area contributed by atoms with Crippen LogP contribution in [0.3, 0.4) is 0 Å². The molecule has 9 nitrogen and oxygen atoms in total. The van der Waals surface area contributed by atoms with E-state index in [1.807, 2.05) is 30.3 Å². The van der Waals surface area contributed by atoms with Crippen LogP contribution in [-0.2, 0) is 19.4 Å². The number of hydrogen-bond donors (Lipinski definition) is 3. The van der Waals surface area contributed by atoms with Gasteiger partial charge in [-0.05, 0) is 64.7 Å². The molecular weight excluding hydrogens is 648 g/mol. The van der Waals surface area contributed by atoms with Gasteiger partial charge in [-0.1, -0.05) is 69.9 Å². The van der Waals surface area contributed by atoms with Crippen LogP contribution in [0, 0.1) is 5.41 Å². The van der Waals surface area contributed by atoms with Gasteiger partial charge in [0.25, 0.3) is 5.91 Å². The van der Waals surface area contributed by atoms with Crippen LogP contribution in [0.4, 0.5) is 11.4 Å². The minimum Gasteiger partial charge on any atom is -0.508 e. The van der Waals surface area contributed by atoms with Gasteiger partial charge in [0, 0.05) is 23.7 Å². The third kappa shape index (κ3) is 7.92. The average Bonchev–Trinajstić information content (AvgIpc) is 3.08. The number of carbonyl (C=O) groups is 2. The first-order valence-electron chi connectivity index (χ1n) is 14.8. The van der Waals surface area contributed by atoms with E-state index in [1.54, 1.807) is 6.07 Å². The number of phenols is 1. The number of amides is 1. The van der Waals surface area contributed by atoms with Crippen LogP contribution in [0.1, 0.15) is 64.0 Å². The number of carboxylic acid groups (broad SMARTS) is 1. The van der Waals surface area contributed by atoms with Crippen LogP contribution in [0.5, 0.6) is 11.5 Å². The largest absolute Gasteiger partial charge is 0.508 e. The number of hydrogen-bond acceptors (Lipinski definition) is 7. The van der Waals surface area contributed by atoms with E-state index >= 15 is 0 Å². The number of nitrogens with zero attached hydrogens (tertiary/aromatic N) is 1. The number of aromatic hydroxyl groups is 1. The van der Waals surface area contributed by atoms with Gasteiger partial charge in [-0.3, -0.25) is 4.79 Å². The Morgan fingerprint density at radius 1 is 1.02 bits per heavy atom. The number of phenolic OH excluding ortho intramolecular Hbond substituents is 1. The number of carbonyl (C=O) groups excluding carboxylic acids is 1. The number of benzene rings is 3. The summed E-state index contributed by atoms with van der Waals surface area (Å²) in [6.45, 7) is 4.21. The second-order valence-electron chi connectivity index (χ2n) is 11.4. The van der Waals surface area contributed by atoms with Crippen molar-refractivity contribution in [3.8, 4) is 11.5 Å². The van der Waals surface area contributed by atoms with E-state index in [0.29, 0.717) is 16.7 Å². The first kappa shape index (κ1) is 33.3. The number of fused-ring (bicyclic) bond motifs is 1. The van der Waals surface area contributed by atoms with E-state index in [-0.39, 0.29) is 27.7 Å². The van der Waals surface area contributed by atoms with E-state index in [1.165, 1.54) is 30.3 Å². The molecule has 3 aromatic rings. The van der Waals surface area contributed by atoms with Gasteiger partial charge >= 0.3 is 5.97 Å². The second kappa shape index (κ2) is 14.5. The lowest BCUT2D eigenvalue weighted by Crippen LogP contribution is -2.38. The molecular formula is C33H39BrN2O7S. The molecule has 11 heteroatoms. The third-order valence-corrected chi connectivity index (χ3v) is 10.5. The summed E-state index contributed by atoms with van der Waals surface area (Å²) < 4.78 is 34.5. The lowest BCUT2D eigenvalue weighted by Gasteiger charge is -2.37. The average molecular weight is 688 g/mol. The molecule has 4 rings (SSSR count). The van der Waals surface area contributed by atoms with E-state index < -0.39 is 39.8 Å². The van der Waals surface area contributed by atoms with E-state index in [9.17, 15) is 28.2 Å². The maximum absolute atomic E-state index is 14.2. The van der Waals surface area contributed by atoms with Crippen LogP contribution in [0.25, 0.3) is 0 Å². The molecule has 0 aromatic heterocycles. The lowest BCUT2D eigenvalue weighted by molar-refractivity contribution is -0.142. The fourth-order valence-electron chi connectivity index (χ4n) is 5.75. The number of sulfone groups is 1. The van der Waals surface area contributed by atoms with Crippen molar-refractivity contribution < 1.29 is 33.0 Å². The van der Waals surface area contributed by atoms with Gasteiger partial charge in [-0.15, -0.1) is 0 Å². The molecule has 1 atom stereocenters. The molecule has 0 spiro atoms. The number of nitrogens with one attached hydrogen (secondary N) is 1. The van der Waals surface area contributed by atoms with Crippen molar-refractivity contribution in [1.82, 2.24) is 5.32 Å². The van der Waals surface area contributed by atoms with E-state index in [0.717, 1.165) is 44.2 Å². The Kier molecular flexibility index (Phi) is 11.0. The molecule has 0 radical (unpaired) electrons. The van der Waals surface area contributed by atoms with Crippen molar-refractivity contribution in [2.75, 3.05) is 23.8 Å². The van der Waals surface area contributed by atoms with E-state index in [4.69, 9.17) is 4.74 Å². The molecule has 1 aliphatic rings. The number of rotatable bonds is 13. The van der Waals surface area contributed by atoms with Crippen molar-refractivity contribution in [3.63, 3.8) is 0 Å². The van der Waals surface area contributed by atoms with Gasteiger partial charge in [0.15, 0.2) is 22.5 Å². The standard InChI is InChI=1S/C33H39BrN2O7S/c1-3-5-15-33(16-6-4-2)21-36(24-12-8-7-9-13-24)27-18-26(34)28(19-29(27)44(41,42)22-33)43-20-30(38)35-31(32(39)40)23-11-10-14-25(37)17-23/h7-14,17-19,31,37H,3-6,15-16,20-22H2,1-2H3,(H,35,38)(H,39,40)/t31-/m0/s1. The van der Waals surface area contributed by atoms with Gasteiger partial charge in [-0.2, -0.15) is 0 Å². The van der Waals surface area contributed by atoms with Crippen molar-refractivity contribution in [1.29, 1.82) is 0 Å². The Morgan fingerprint density at radius 2 is 1.70 bits per heavy atom. The number of unbranched alkanes of at least 4 members (excludes halogenated alkanes) is 2. The summed E-state index contributed by atoms with van der Waals surface area (Å²) in [7, 11) is -3.78. The summed E-state index contributed by atoms with van der Waals surface area (Å²) in [4.78, 5) is 26.9. The second-order valence-corrected chi connectivity index (χ2v) is 14.2. The third-order valence-electron chi connectivity index (χ3n) is 7.93. The monoisotopic (exact) mass is 686 g/mol. The normalized spacial score (nSPS) is 15.9. The summed E-state index contributed by atoms with van der Waals surface area (Å²) in [5, 5.41) is 21.8. The van der Waals surface area contributed by atoms with Crippen molar-refractivity contribution in [3.05, 3.63) is 76.8 Å². The molecule has 1 heterocycles. The molecule has 1 amide bonds. The van der Waals surface area contributed by atoms with Crippen molar-refractivity contribution in [2.45, 2.75) is 63.3 Å². The van der Waals surface area contributed by atoms with Crippen molar-refractivity contribution in [2.24, 2.45) is 5.41 Å². The molecule has 0 fully saturated rings. The Hall–Kier alpha value is -3.57. The zero-order valence-corrected chi connectivity index (χ0v) is 27.4. The molecule has 44 heavy (non-hydrogen) atoms. The minimum atomic E-state index is -3.78. The first-order valence-corrected chi connectivity index (χ1v) is 17.3. The molecule has 0 unspecified atom stereocenters. The SMILES string of the molecule is CCCCC1(CCCC)CN(c2ccccc2)c2cc(Br)c(OCC(=O)N[C@H](C(=O)O)c3cccc(O)c3)cc2S(=O)(=O)C1. The predicted octanol–water partition coefficient (Wildman–Crippen LogP) is 6.77. The zero-order valence-electron chi connectivity index (χ0n) is 25.0. The van der Waals surface area contributed by atoms with Gasteiger partial charge < -0.3 is 25.2 Å². The fourth-order valence-corrected chi connectivity index (χ4v) is 8.31. The molecule has 0 saturated heterocycles. The molecule has 236 valence electrons. The van der Waals surface area contributed by atoms with Crippen molar-refractivity contribution >= 4 is 49.0 Å². The van der Waals surface area contributed by atoms with Gasteiger partial charge in [0.2, 0.25) is 0 Å². The van der Waals surface area contributed by atoms with Crippen LogP contribution in [0.2, 0.25) is 0 Å². The molecule has 0 bridgehead atoms. The first-order chi connectivity index (χ1) is 21.0. The highest BCUT2D eigenvalue weighted by molar-refractivity contribution is 9.10. The Balaban J connectivity index is 1.67. The quantitative estimate of drug-likeness (QED) is 0.179. The lowest BCUT2D eigenvalue weighted by atomic mass is 9.79. The number of carboxylic acids is 1. The smallest absolute Gasteiger partial charge is 0.330 e. The maximum Gasteiger partial charge on any atom is 0.330 e. The Bertz CT molecular complexity index is 1570. The topological polar surface area (TPSA) is 133 Å². The summed E-state index contributed by atoms with van der Waals surface area (Å²) in [5.74, 6) is -2.02. The van der Waals surface area contributed by atoms with Crippen LogP contribution >= 0.6 is 15.9 Å². The Morgan fingerprint density at radius 3 is 2.32 bits per heavy atom.